The smallest absolute Gasteiger partial charge is 0.254 e. The van der Waals surface area contributed by atoms with E-state index >= 15 is 0 Å². The van der Waals surface area contributed by atoms with E-state index in [0.29, 0.717) is 11.4 Å². The van der Waals surface area contributed by atoms with E-state index in [1.807, 2.05) is 23.1 Å². The molecule has 1 fully saturated rings. The lowest BCUT2D eigenvalue weighted by atomic mass is 10.0. The van der Waals surface area contributed by atoms with E-state index in [4.69, 9.17) is 0 Å². The summed E-state index contributed by atoms with van der Waals surface area (Å²) in [7, 11) is 0. The van der Waals surface area contributed by atoms with Gasteiger partial charge in [-0.3, -0.25) is 9.36 Å². The average Bonchev–Trinajstić information content (AvgIpc) is 3.34. The molecule has 4 rings (SSSR count). The lowest BCUT2D eigenvalue weighted by molar-refractivity contribution is 0.0735. The second kappa shape index (κ2) is 6.23. The summed E-state index contributed by atoms with van der Waals surface area (Å²) in [4.78, 5) is 19.2. The Balaban J connectivity index is 1.62. The van der Waals surface area contributed by atoms with Gasteiger partial charge in [-0.05, 0) is 30.5 Å². The molecule has 1 atom stereocenters. The maximum atomic E-state index is 13.0. The molecule has 0 N–H and O–H groups in total. The van der Waals surface area contributed by atoms with Crippen LogP contribution < -0.4 is 0 Å². The number of likely N-dealkylation sites (tertiary alicyclic amines) is 1. The molecule has 2 aromatic heterocycles. The first-order valence-electron chi connectivity index (χ1n) is 8.00. The van der Waals surface area contributed by atoms with Crippen LogP contribution in [-0.4, -0.2) is 37.1 Å². The third-order valence-electron chi connectivity index (χ3n) is 4.37. The van der Waals surface area contributed by atoms with E-state index < -0.39 is 0 Å². The van der Waals surface area contributed by atoms with Crippen molar-refractivity contribution in [1.29, 1.82) is 0 Å². The largest absolute Gasteiger partial charge is 0.332 e. The van der Waals surface area contributed by atoms with Gasteiger partial charge in [0.1, 0.15) is 18.5 Å². The average molecular weight is 319 g/mol. The molecule has 0 radical (unpaired) electrons. The second-order valence-corrected chi connectivity index (χ2v) is 5.84. The van der Waals surface area contributed by atoms with Crippen molar-refractivity contribution in [3.8, 4) is 5.82 Å². The Morgan fingerprint density at radius 1 is 1.08 bits per heavy atom. The number of benzene rings is 1. The Hall–Kier alpha value is -3.02. The topological polar surface area (TPSA) is 63.9 Å². The third kappa shape index (κ3) is 2.67. The normalized spacial score (nSPS) is 17.2. The number of aromatic nitrogens is 4. The van der Waals surface area contributed by atoms with Gasteiger partial charge in [0, 0.05) is 18.3 Å². The van der Waals surface area contributed by atoms with Crippen molar-refractivity contribution < 1.29 is 4.79 Å². The van der Waals surface area contributed by atoms with E-state index in [1.54, 1.807) is 35.6 Å². The zero-order valence-electron chi connectivity index (χ0n) is 13.1. The van der Waals surface area contributed by atoms with E-state index in [-0.39, 0.29) is 11.9 Å². The van der Waals surface area contributed by atoms with Gasteiger partial charge in [0.2, 0.25) is 0 Å². The first kappa shape index (κ1) is 14.6. The highest BCUT2D eigenvalue weighted by Gasteiger charge is 2.30. The number of nitrogens with zero attached hydrogens (tertiary/aromatic N) is 5. The Labute approximate surface area is 139 Å². The van der Waals surface area contributed by atoms with Gasteiger partial charge >= 0.3 is 0 Å². The number of amides is 1. The predicted octanol–water partition coefficient (Wildman–Crippen LogP) is 2.64. The molecule has 0 bridgehead atoms. The summed E-state index contributed by atoms with van der Waals surface area (Å²) in [6.45, 7) is 0.780. The standard InChI is InChI=1S/C18H17N5O/c24-18(15-8-9-19-17(11-15)22-12-20-21-13-22)23-10-4-7-16(23)14-5-2-1-3-6-14/h1-3,5-6,8-9,11-13,16H,4,7,10H2/t16-/m0/s1. The summed E-state index contributed by atoms with van der Waals surface area (Å²) in [6, 6.07) is 13.9. The van der Waals surface area contributed by atoms with Crippen LogP contribution in [0.3, 0.4) is 0 Å². The summed E-state index contributed by atoms with van der Waals surface area (Å²) in [6.07, 6.45) is 6.81. The highest BCUT2D eigenvalue weighted by Crippen LogP contribution is 2.33. The minimum atomic E-state index is 0.0399. The highest BCUT2D eigenvalue weighted by molar-refractivity contribution is 5.95. The van der Waals surface area contributed by atoms with Crippen LogP contribution in [-0.2, 0) is 0 Å². The Morgan fingerprint density at radius 3 is 2.67 bits per heavy atom. The fraction of sp³-hybridized carbons (Fsp3) is 0.222. The van der Waals surface area contributed by atoms with E-state index in [1.165, 1.54) is 5.56 Å². The van der Waals surface area contributed by atoms with Gasteiger partial charge in [-0.25, -0.2) is 4.98 Å². The molecule has 6 nitrogen and oxygen atoms in total. The van der Waals surface area contributed by atoms with Crippen LogP contribution in [0.2, 0.25) is 0 Å². The lowest BCUT2D eigenvalue weighted by Crippen LogP contribution is -2.30. The molecular weight excluding hydrogens is 302 g/mol. The van der Waals surface area contributed by atoms with Crippen LogP contribution >= 0.6 is 0 Å². The summed E-state index contributed by atoms with van der Waals surface area (Å²) in [5.41, 5.74) is 1.83. The number of carbonyl (C=O) groups is 1. The number of pyridine rings is 1. The van der Waals surface area contributed by atoms with Crippen LogP contribution in [0.1, 0.15) is 34.8 Å². The molecule has 0 aliphatic carbocycles. The van der Waals surface area contributed by atoms with Crippen LogP contribution in [0.5, 0.6) is 0 Å². The molecule has 120 valence electrons. The molecule has 0 spiro atoms. The van der Waals surface area contributed by atoms with Gasteiger partial charge in [-0.2, -0.15) is 0 Å². The van der Waals surface area contributed by atoms with Crippen molar-refractivity contribution >= 4 is 5.91 Å². The van der Waals surface area contributed by atoms with Gasteiger partial charge in [0.05, 0.1) is 6.04 Å². The minimum Gasteiger partial charge on any atom is -0.332 e. The fourth-order valence-electron chi connectivity index (χ4n) is 3.21. The molecule has 1 aliphatic rings. The summed E-state index contributed by atoms with van der Waals surface area (Å²) < 4.78 is 1.69. The minimum absolute atomic E-state index is 0.0399. The van der Waals surface area contributed by atoms with Gasteiger partial charge < -0.3 is 4.90 Å². The molecular formula is C18H17N5O. The predicted molar refractivity (Wildman–Crippen MR) is 88.6 cm³/mol. The molecule has 1 saturated heterocycles. The number of rotatable bonds is 3. The lowest BCUT2D eigenvalue weighted by Gasteiger charge is -2.25. The molecule has 0 unspecified atom stereocenters. The number of hydrogen-bond acceptors (Lipinski definition) is 4. The van der Waals surface area contributed by atoms with Crippen molar-refractivity contribution in [1.82, 2.24) is 24.6 Å². The zero-order valence-corrected chi connectivity index (χ0v) is 13.1. The van der Waals surface area contributed by atoms with Gasteiger partial charge in [-0.1, -0.05) is 30.3 Å². The fourth-order valence-corrected chi connectivity index (χ4v) is 3.21. The first-order valence-corrected chi connectivity index (χ1v) is 8.00. The molecule has 0 saturated carbocycles. The molecule has 6 heteroatoms. The molecule has 1 aliphatic heterocycles. The molecule has 1 amide bonds. The van der Waals surface area contributed by atoms with Crippen LogP contribution in [0, 0.1) is 0 Å². The van der Waals surface area contributed by atoms with Gasteiger partial charge in [-0.15, -0.1) is 10.2 Å². The summed E-state index contributed by atoms with van der Waals surface area (Å²) in [5, 5.41) is 7.56. The monoisotopic (exact) mass is 319 g/mol. The quantitative estimate of drug-likeness (QED) is 0.744. The van der Waals surface area contributed by atoms with Crippen LogP contribution in [0.15, 0.2) is 61.3 Å². The third-order valence-corrected chi connectivity index (χ3v) is 4.37. The Kier molecular flexibility index (Phi) is 3.78. The van der Waals surface area contributed by atoms with Crippen molar-refractivity contribution in [3.63, 3.8) is 0 Å². The van der Waals surface area contributed by atoms with Crippen molar-refractivity contribution in [2.75, 3.05) is 6.54 Å². The Morgan fingerprint density at radius 2 is 1.88 bits per heavy atom. The van der Waals surface area contributed by atoms with E-state index in [2.05, 4.69) is 27.3 Å². The highest BCUT2D eigenvalue weighted by atomic mass is 16.2. The SMILES string of the molecule is O=C(c1ccnc(-n2cnnc2)c1)N1CCC[C@H]1c1ccccc1. The maximum absolute atomic E-state index is 13.0. The summed E-state index contributed by atoms with van der Waals surface area (Å²) >= 11 is 0. The zero-order chi connectivity index (χ0) is 16.4. The first-order chi connectivity index (χ1) is 11.8. The molecule has 1 aromatic carbocycles. The summed E-state index contributed by atoms with van der Waals surface area (Å²) in [5.74, 6) is 0.680. The Bertz CT molecular complexity index is 832. The number of carbonyl (C=O) groups excluding carboxylic acids is 1. The second-order valence-electron chi connectivity index (χ2n) is 5.84. The van der Waals surface area contributed by atoms with Gasteiger partial charge in [0.25, 0.3) is 5.91 Å². The van der Waals surface area contributed by atoms with Gasteiger partial charge in [0.15, 0.2) is 0 Å². The van der Waals surface area contributed by atoms with Crippen molar-refractivity contribution in [2.24, 2.45) is 0 Å². The van der Waals surface area contributed by atoms with Crippen molar-refractivity contribution in [3.05, 3.63) is 72.4 Å². The molecule has 3 aromatic rings. The van der Waals surface area contributed by atoms with Crippen LogP contribution in [0.25, 0.3) is 5.82 Å². The van der Waals surface area contributed by atoms with E-state index in [0.717, 1.165) is 19.4 Å². The van der Waals surface area contributed by atoms with E-state index in [9.17, 15) is 4.79 Å². The maximum Gasteiger partial charge on any atom is 0.254 e. The van der Waals surface area contributed by atoms with Crippen molar-refractivity contribution in [2.45, 2.75) is 18.9 Å². The molecule has 3 heterocycles. The molecule has 24 heavy (non-hydrogen) atoms. The number of hydrogen-bond donors (Lipinski definition) is 0. The van der Waals surface area contributed by atoms with Crippen LogP contribution in [0.4, 0.5) is 0 Å².